The summed E-state index contributed by atoms with van der Waals surface area (Å²) >= 11 is 12.0. The van der Waals surface area contributed by atoms with Crippen LogP contribution in [0.3, 0.4) is 0 Å². The highest BCUT2D eigenvalue weighted by Gasteiger charge is 2.45. The van der Waals surface area contributed by atoms with Gasteiger partial charge in [-0.3, -0.25) is 9.59 Å². The molecule has 1 N–H and O–H groups in total. The first kappa shape index (κ1) is 19.0. The lowest BCUT2D eigenvalue weighted by molar-refractivity contribution is -0.163. The predicted molar refractivity (Wildman–Crippen MR) is 89.9 cm³/mol. The van der Waals surface area contributed by atoms with Crippen LogP contribution in [0.4, 0.5) is 0 Å². The number of hydrogen-bond donors (Lipinski definition) is 1. The van der Waals surface area contributed by atoms with Gasteiger partial charge in [-0.1, -0.05) is 29.3 Å². The quantitative estimate of drug-likeness (QED) is 0.498. The lowest BCUT2D eigenvalue weighted by Gasteiger charge is -2.43. The molecule has 0 aliphatic carbocycles. The highest BCUT2D eigenvalue weighted by atomic mass is 35.5. The molecule has 1 aliphatic heterocycles. The second kappa shape index (κ2) is 6.86. The van der Waals surface area contributed by atoms with Gasteiger partial charge >= 0.3 is 5.97 Å². The monoisotopic (exact) mass is 374 g/mol. The number of esters is 1. The lowest BCUT2D eigenvalue weighted by atomic mass is 9.88. The van der Waals surface area contributed by atoms with Gasteiger partial charge < -0.3 is 14.8 Å². The van der Waals surface area contributed by atoms with Gasteiger partial charge in [0.2, 0.25) is 5.91 Å². The Balaban J connectivity index is 2.15. The molecular formula is C16H20Cl2N2O4. The normalized spacial score (nSPS) is 17.6. The minimum absolute atomic E-state index is 0.191. The van der Waals surface area contributed by atoms with Crippen molar-refractivity contribution in [2.24, 2.45) is 5.92 Å². The van der Waals surface area contributed by atoms with Gasteiger partial charge in [-0.25, -0.2) is 4.98 Å². The zero-order valence-electron chi connectivity index (χ0n) is 14.0. The fourth-order valence-electron chi connectivity index (χ4n) is 2.21. The SMILES string of the molecule is CC(C(=O)NC1(c2ccc(Cl)nc2Cl)COC1)C(=O)OC(C)(C)C. The predicted octanol–water partition coefficient (Wildman–Crippen LogP) is 2.71. The number of nitrogens with one attached hydrogen (secondary N) is 1. The Kier molecular flexibility index (Phi) is 5.42. The molecule has 2 rings (SSSR count). The van der Waals surface area contributed by atoms with Crippen molar-refractivity contribution in [3.8, 4) is 0 Å². The van der Waals surface area contributed by atoms with Crippen molar-refractivity contribution >= 4 is 35.1 Å². The van der Waals surface area contributed by atoms with Crippen LogP contribution in [0.1, 0.15) is 33.3 Å². The van der Waals surface area contributed by atoms with Crippen LogP contribution in [0.25, 0.3) is 0 Å². The fraction of sp³-hybridized carbons (Fsp3) is 0.562. The first-order chi connectivity index (χ1) is 11.0. The molecule has 24 heavy (non-hydrogen) atoms. The van der Waals surface area contributed by atoms with E-state index >= 15 is 0 Å². The Labute approximate surface area is 150 Å². The average Bonchev–Trinajstić information content (AvgIpc) is 2.40. The molecule has 0 radical (unpaired) electrons. The molecule has 0 saturated carbocycles. The van der Waals surface area contributed by atoms with Gasteiger partial charge in [-0.2, -0.15) is 0 Å². The molecule has 1 aliphatic rings. The smallest absolute Gasteiger partial charge is 0.318 e. The Bertz CT molecular complexity index is 654. The molecule has 8 heteroatoms. The Hall–Kier alpha value is -1.37. The van der Waals surface area contributed by atoms with E-state index in [1.165, 1.54) is 6.92 Å². The van der Waals surface area contributed by atoms with Gasteiger partial charge in [-0.15, -0.1) is 0 Å². The summed E-state index contributed by atoms with van der Waals surface area (Å²) in [5.74, 6) is -2.00. The van der Waals surface area contributed by atoms with E-state index in [2.05, 4.69) is 10.3 Å². The average molecular weight is 375 g/mol. The van der Waals surface area contributed by atoms with Gasteiger partial charge in [0, 0.05) is 5.56 Å². The number of carbonyl (C=O) groups is 2. The number of ether oxygens (including phenoxy) is 2. The summed E-state index contributed by atoms with van der Waals surface area (Å²) in [6.07, 6.45) is 0. The van der Waals surface area contributed by atoms with Gasteiger partial charge in [0.05, 0.1) is 13.2 Å². The molecule has 1 unspecified atom stereocenters. The van der Waals surface area contributed by atoms with Crippen LogP contribution in [0.2, 0.25) is 10.3 Å². The van der Waals surface area contributed by atoms with Crippen LogP contribution in [0.15, 0.2) is 12.1 Å². The molecule has 1 aromatic rings. The molecule has 2 heterocycles. The minimum Gasteiger partial charge on any atom is -0.459 e. The summed E-state index contributed by atoms with van der Waals surface area (Å²) in [5.41, 5.74) is -0.876. The number of carbonyl (C=O) groups excluding carboxylic acids is 2. The van der Waals surface area contributed by atoms with Crippen molar-refractivity contribution in [1.82, 2.24) is 10.3 Å². The first-order valence-electron chi connectivity index (χ1n) is 7.49. The van der Waals surface area contributed by atoms with Crippen molar-refractivity contribution < 1.29 is 19.1 Å². The fourth-order valence-corrected chi connectivity index (χ4v) is 2.74. The summed E-state index contributed by atoms with van der Waals surface area (Å²) in [7, 11) is 0. The highest BCUT2D eigenvalue weighted by Crippen LogP contribution is 2.34. The molecule has 1 aromatic heterocycles. The van der Waals surface area contributed by atoms with Crippen molar-refractivity contribution in [2.45, 2.75) is 38.8 Å². The topological polar surface area (TPSA) is 77.5 Å². The summed E-state index contributed by atoms with van der Waals surface area (Å²) in [6, 6.07) is 3.28. The van der Waals surface area contributed by atoms with E-state index in [-0.39, 0.29) is 23.5 Å². The van der Waals surface area contributed by atoms with Crippen molar-refractivity contribution in [3.63, 3.8) is 0 Å². The number of halogens is 2. The van der Waals surface area contributed by atoms with Crippen molar-refractivity contribution in [3.05, 3.63) is 28.0 Å². The number of pyridine rings is 1. The molecule has 6 nitrogen and oxygen atoms in total. The number of amides is 1. The summed E-state index contributed by atoms with van der Waals surface area (Å²) < 4.78 is 10.5. The molecule has 0 aromatic carbocycles. The molecule has 1 saturated heterocycles. The second-order valence-electron chi connectivity index (χ2n) is 6.79. The molecule has 0 spiro atoms. The third-order valence-electron chi connectivity index (χ3n) is 3.54. The summed E-state index contributed by atoms with van der Waals surface area (Å²) in [4.78, 5) is 28.5. The number of nitrogens with zero attached hydrogens (tertiary/aromatic N) is 1. The maximum atomic E-state index is 12.5. The largest absolute Gasteiger partial charge is 0.459 e. The highest BCUT2D eigenvalue weighted by molar-refractivity contribution is 6.33. The van der Waals surface area contributed by atoms with E-state index in [4.69, 9.17) is 32.7 Å². The van der Waals surface area contributed by atoms with Gasteiger partial charge in [0.15, 0.2) is 0 Å². The van der Waals surface area contributed by atoms with E-state index in [9.17, 15) is 9.59 Å². The molecular weight excluding hydrogens is 355 g/mol. The lowest BCUT2D eigenvalue weighted by Crippen LogP contribution is -2.61. The summed E-state index contributed by atoms with van der Waals surface area (Å²) in [5, 5.41) is 3.29. The summed E-state index contributed by atoms with van der Waals surface area (Å²) in [6.45, 7) is 7.21. The van der Waals surface area contributed by atoms with E-state index in [0.29, 0.717) is 5.56 Å². The Morgan fingerprint density at radius 3 is 2.42 bits per heavy atom. The van der Waals surface area contributed by atoms with Crippen LogP contribution < -0.4 is 5.32 Å². The van der Waals surface area contributed by atoms with E-state index < -0.39 is 28.9 Å². The second-order valence-corrected chi connectivity index (χ2v) is 7.54. The van der Waals surface area contributed by atoms with Gasteiger partial charge in [-0.05, 0) is 33.8 Å². The zero-order valence-corrected chi connectivity index (χ0v) is 15.5. The van der Waals surface area contributed by atoms with E-state index in [0.717, 1.165) is 0 Å². The first-order valence-corrected chi connectivity index (χ1v) is 8.25. The molecule has 1 atom stereocenters. The maximum Gasteiger partial charge on any atom is 0.318 e. The van der Waals surface area contributed by atoms with Crippen molar-refractivity contribution in [2.75, 3.05) is 13.2 Å². The number of rotatable bonds is 4. The van der Waals surface area contributed by atoms with E-state index in [1.807, 2.05) is 0 Å². The van der Waals surface area contributed by atoms with Crippen molar-refractivity contribution in [1.29, 1.82) is 0 Å². The van der Waals surface area contributed by atoms with Crippen LogP contribution >= 0.6 is 23.2 Å². The third kappa shape index (κ3) is 4.18. The standard InChI is InChI=1S/C16H20Cl2N2O4/c1-9(14(22)24-15(2,3)4)13(21)20-16(7-23-8-16)10-5-6-11(17)19-12(10)18/h5-6,9H,7-8H2,1-4H3,(H,20,21). The third-order valence-corrected chi connectivity index (χ3v) is 4.04. The van der Waals surface area contributed by atoms with E-state index in [1.54, 1.807) is 32.9 Å². The van der Waals surface area contributed by atoms with Gasteiger partial charge in [0.1, 0.15) is 27.4 Å². The Morgan fingerprint density at radius 2 is 1.96 bits per heavy atom. The molecule has 0 bridgehead atoms. The minimum atomic E-state index is -0.958. The Morgan fingerprint density at radius 1 is 1.33 bits per heavy atom. The number of hydrogen-bond acceptors (Lipinski definition) is 5. The zero-order chi connectivity index (χ0) is 18.1. The van der Waals surface area contributed by atoms with Crippen LogP contribution in [0.5, 0.6) is 0 Å². The molecule has 1 amide bonds. The van der Waals surface area contributed by atoms with Crippen LogP contribution in [-0.2, 0) is 24.6 Å². The molecule has 1 fully saturated rings. The van der Waals surface area contributed by atoms with Crippen LogP contribution in [-0.4, -0.2) is 35.7 Å². The maximum absolute atomic E-state index is 12.5. The van der Waals surface area contributed by atoms with Gasteiger partial charge in [0.25, 0.3) is 0 Å². The molecule has 132 valence electrons. The number of aromatic nitrogens is 1. The van der Waals surface area contributed by atoms with Crippen LogP contribution in [0, 0.1) is 5.92 Å².